The average Bonchev–Trinajstić information content (AvgIpc) is 2.26. The van der Waals surface area contributed by atoms with Crippen LogP contribution in [0.2, 0.25) is 0 Å². The Hall–Kier alpha value is -2.37. The van der Waals surface area contributed by atoms with E-state index in [9.17, 15) is 9.59 Å². The first-order valence-electron chi connectivity index (χ1n) is 6.02. The molecule has 0 aromatic heterocycles. The molecule has 6 nitrogen and oxygen atoms in total. The molecule has 4 N–H and O–H groups in total. The minimum atomic E-state index is -1.21. The van der Waals surface area contributed by atoms with Crippen molar-refractivity contribution in [3.05, 3.63) is 35.4 Å². The molecule has 0 amide bonds. The maximum absolute atomic E-state index is 11.8. The maximum atomic E-state index is 11.8. The van der Waals surface area contributed by atoms with Gasteiger partial charge >= 0.3 is 11.9 Å². The van der Waals surface area contributed by atoms with Crippen LogP contribution < -0.4 is 5.73 Å². The van der Waals surface area contributed by atoms with E-state index >= 15 is 0 Å². The number of carbonyl (C=O) groups is 2. The van der Waals surface area contributed by atoms with E-state index in [1.807, 2.05) is 0 Å². The van der Waals surface area contributed by atoms with Gasteiger partial charge in [-0.25, -0.2) is 4.79 Å². The number of carboxylic acid groups (broad SMARTS) is 1. The molecule has 0 aliphatic heterocycles. The van der Waals surface area contributed by atoms with Gasteiger partial charge in [0.1, 0.15) is 17.4 Å². The van der Waals surface area contributed by atoms with Crippen molar-refractivity contribution in [3.63, 3.8) is 0 Å². The predicted molar refractivity (Wildman–Crippen MR) is 73.9 cm³/mol. The van der Waals surface area contributed by atoms with E-state index in [0.717, 1.165) is 0 Å². The number of hydrogen-bond acceptors (Lipinski definition) is 4. The summed E-state index contributed by atoms with van der Waals surface area (Å²) >= 11 is 0. The molecular formula is C14H18N2O4. The molecule has 1 unspecified atom stereocenters. The highest BCUT2D eigenvalue weighted by Crippen LogP contribution is 2.18. The monoisotopic (exact) mass is 278 g/mol. The van der Waals surface area contributed by atoms with E-state index < -0.39 is 29.3 Å². The van der Waals surface area contributed by atoms with Gasteiger partial charge in [0.15, 0.2) is 0 Å². The van der Waals surface area contributed by atoms with Crippen molar-refractivity contribution in [1.29, 1.82) is 5.41 Å². The van der Waals surface area contributed by atoms with E-state index in [-0.39, 0.29) is 0 Å². The fourth-order valence-corrected chi connectivity index (χ4v) is 1.60. The largest absolute Gasteiger partial charge is 0.480 e. The normalized spacial score (nSPS) is 12.6. The minimum Gasteiger partial charge on any atom is -0.480 e. The number of carboxylic acids is 1. The van der Waals surface area contributed by atoms with Crippen LogP contribution in [-0.2, 0) is 9.53 Å². The third-order valence-corrected chi connectivity index (χ3v) is 2.44. The molecule has 0 spiro atoms. The third-order valence-electron chi connectivity index (χ3n) is 2.44. The van der Waals surface area contributed by atoms with Gasteiger partial charge in [0, 0.05) is 0 Å². The molecule has 1 aromatic rings. The summed E-state index contributed by atoms with van der Waals surface area (Å²) in [6, 6.07) is 5.84. The van der Waals surface area contributed by atoms with Crippen LogP contribution in [0.5, 0.6) is 0 Å². The van der Waals surface area contributed by atoms with Crippen LogP contribution in [0.3, 0.4) is 0 Å². The second-order valence-corrected chi connectivity index (χ2v) is 5.35. The van der Waals surface area contributed by atoms with E-state index in [0.29, 0.717) is 11.1 Å². The SMILES string of the molecule is CC(C)(C)OC(=O)c1ccc(C(C(=N)N)C(=O)O)cc1. The summed E-state index contributed by atoms with van der Waals surface area (Å²) in [6.07, 6.45) is 0. The van der Waals surface area contributed by atoms with Crippen LogP contribution in [0.15, 0.2) is 24.3 Å². The van der Waals surface area contributed by atoms with Crippen molar-refractivity contribution in [2.24, 2.45) is 5.73 Å². The molecule has 0 aliphatic carbocycles. The molecule has 0 radical (unpaired) electrons. The number of carbonyl (C=O) groups excluding carboxylic acids is 1. The van der Waals surface area contributed by atoms with Crippen molar-refractivity contribution >= 4 is 17.8 Å². The van der Waals surface area contributed by atoms with Gasteiger partial charge in [-0.15, -0.1) is 0 Å². The van der Waals surface area contributed by atoms with Crippen LogP contribution in [0, 0.1) is 5.41 Å². The van der Waals surface area contributed by atoms with Gasteiger partial charge < -0.3 is 15.6 Å². The molecule has 0 bridgehead atoms. The highest BCUT2D eigenvalue weighted by atomic mass is 16.6. The Morgan fingerprint density at radius 1 is 1.25 bits per heavy atom. The average molecular weight is 278 g/mol. The van der Waals surface area contributed by atoms with Gasteiger partial charge in [0.25, 0.3) is 0 Å². The molecule has 6 heteroatoms. The number of amidine groups is 1. The molecule has 0 heterocycles. The van der Waals surface area contributed by atoms with Gasteiger partial charge in [0.2, 0.25) is 0 Å². The second-order valence-electron chi connectivity index (χ2n) is 5.35. The molecular weight excluding hydrogens is 260 g/mol. The molecule has 108 valence electrons. The van der Waals surface area contributed by atoms with Crippen LogP contribution in [-0.4, -0.2) is 28.5 Å². The summed E-state index contributed by atoms with van der Waals surface area (Å²) in [6.45, 7) is 5.28. The topological polar surface area (TPSA) is 113 Å². The third kappa shape index (κ3) is 4.08. The van der Waals surface area contributed by atoms with E-state index in [4.69, 9.17) is 21.0 Å². The van der Waals surface area contributed by atoms with Gasteiger partial charge in [-0.2, -0.15) is 0 Å². The molecule has 1 atom stereocenters. The smallest absolute Gasteiger partial charge is 0.338 e. The summed E-state index contributed by atoms with van der Waals surface area (Å²) in [5.74, 6) is -3.36. The molecule has 1 aromatic carbocycles. The Kier molecular flexibility index (Phi) is 4.49. The lowest BCUT2D eigenvalue weighted by Gasteiger charge is -2.19. The van der Waals surface area contributed by atoms with Crippen molar-refractivity contribution in [3.8, 4) is 0 Å². The number of esters is 1. The second kappa shape index (κ2) is 5.73. The first-order valence-corrected chi connectivity index (χ1v) is 6.02. The van der Waals surface area contributed by atoms with Gasteiger partial charge in [-0.1, -0.05) is 12.1 Å². The molecule has 0 fully saturated rings. The van der Waals surface area contributed by atoms with Gasteiger partial charge in [0.05, 0.1) is 5.56 Å². The summed E-state index contributed by atoms with van der Waals surface area (Å²) in [7, 11) is 0. The van der Waals surface area contributed by atoms with Crippen molar-refractivity contribution in [2.75, 3.05) is 0 Å². The van der Waals surface area contributed by atoms with Crippen LogP contribution in [0.25, 0.3) is 0 Å². The number of nitrogens with one attached hydrogen (secondary N) is 1. The van der Waals surface area contributed by atoms with E-state index in [1.54, 1.807) is 20.8 Å². The Labute approximate surface area is 117 Å². The number of benzene rings is 1. The van der Waals surface area contributed by atoms with E-state index in [2.05, 4.69) is 0 Å². The standard InChI is InChI=1S/C14H18N2O4/c1-14(2,3)20-13(19)9-6-4-8(5-7-9)10(11(15)16)12(17)18/h4-7,10H,1-3H3,(H3,15,16)(H,17,18). The van der Waals surface area contributed by atoms with Crippen molar-refractivity contribution in [1.82, 2.24) is 0 Å². The Morgan fingerprint density at radius 2 is 1.75 bits per heavy atom. The van der Waals surface area contributed by atoms with Crippen molar-refractivity contribution < 1.29 is 19.4 Å². The zero-order chi connectivity index (χ0) is 15.5. The lowest BCUT2D eigenvalue weighted by Crippen LogP contribution is -2.27. The zero-order valence-corrected chi connectivity index (χ0v) is 11.6. The fourth-order valence-electron chi connectivity index (χ4n) is 1.60. The summed E-state index contributed by atoms with van der Waals surface area (Å²) in [5, 5.41) is 16.3. The molecule has 0 aliphatic rings. The predicted octanol–water partition coefficient (Wildman–Crippen LogP) is 1.75. The first-order chi connectivity index (χ1) is 9.11. The summed E-state index contributed by atoms with van der Waals surface area (Å²) in [5.41, 5.74) is 5.32. The van der Waals surface area contributed by atoms with Gasteiger partial charge in [-0.05, 0) is 38.5 Å². The number of nitrogens with two attached hydrogens (primary N) is 1. The summed E-state index contributed by atoms with van der Waals surface area (Å²) in [4.78, 5) is 22.8. The lowest BCUT2D eigenvalue weighted by molar-refractivity contribution is -0.137. The van der Waals surface area contributed by atoms with E-state index in [1.165, 1.54) is 24.3 Å². The highest BCUT2D eigenvalue weighted by Gasteiger charge is 2.24. The van der Waals surface area contributed by atoms with Crippen molar-refractivity contribution in [2.45, 2.75) is 32.3 Å². The lowest BCUT2D eigenvalue weighted by atomic mass is 9.97. The Balaban J connectivity index is 2.96. The minimum absolute atomic E-state index is 0.316. The van der Waals surface area contributed by atoms with Crippen LogP contribution in [0.4, 0.5) is 0 Å². The fraction of sp³-hybridized carbons (Fsp3) is 0.357. The molecule has 0 saturated carbocycles. The Bertz CT molecular complexity index is 515. The van der Waals surface area contributed by atoms with Crippen LogP contribution >= 0.6 is 0 Å². The summed E-state index contributed by atoms with van der Waals surface area (Å²) < 4.78 is 5.20. The Morgan fingerprint density at radius 3 is 2.10 bits per heavy atom. The molecule has 0 saturated heterocycles. The maximum Gasteiger partial charge on any atom is 0.338 e. The molecule has 1 rings (SSSR count). The quantitative estimate of drug-likeness (QED) is 0.441. The molecule has 20 heavy (non-hydrogen) atoms. The highest BCUT2D eigenvalue weighted by molar-refractivity contribution is 6.03. The van der Waals surface area contributed by atoms with Crippen LogP contribution in [0.1, 0.15) is 42.6 Å². The number of ether oxygens (including phenoxy) is 1. The van der Waals surface area contributed by atoms with Gasteiger partial charge in [-0.3, -0.25) is 10.2 Å². The number of aliphatic carboxylic acids is 1. The zero-order valence-electron chi connectivity index (χ0n) is 11.6. The number of rotatable bonds is 4. The first kappa shape index (κ1) is 15.7. The number of hydrogen-bond donors (Lipinski definition) is 3.